The molecule has 1 aliphatic rings. The maximum absolute atomic E-state index is 11.4. The number of benzene rings is 1. The first-order chi connectivity index (χ1) is 8.49. The Hall–Kier alpha value is -0.980. The summed E-state index contributed by atoms with van der Waals surface area (Å²) in [7, 11) is 0. The molecule has 1 aromatic carbocycles. The summed E-state index contributed by atoms with van der Waals surface area (Å²) in [6, 6.07) is 6.31. The molecule has 1 aliphatic heterocycles. The van der Waals surface area contributed by atoms with Gasteiger partial charge in [0.05, 0.1) is 11.6 Å². The van der Waals surface area contributed by atoms with E-state index in [1.807, 2.05) is 18.2 Å². The first-order valence-corrected chi connectivity index (χ1v) is 7.18. The first kappa shape index (κ1) is 13.5. The summed E-state index contributed by atoms with van der Waals surface area (Å²) in [5.41, 5.74) is 13.1. The third kappa shape index (κ3) is 2.71. The van der Waals surface area contributed by atoms with Gasteiger partial charge in [0, 0.05) is 21.8 Å². The van der Waals surface area contributed by atoms with Gasteiger partial charge in [-0.2, -0.15) is 0 Å². The molecule has 0 radical (unpaired) electrons. The summed E-state index contributed by atoms with van der Waals surface area (Å²) in [4.78, 5) is 13.6. The third-order valence-corrected chi connectivity index (χ3v) is 4.43. The smallest absolute Gasteiger partial charge is 0.222 e. The molecule has 2 rings (SSSR count). The molecule has 1 amide bonds. The van der Waals surface area contributed by atoms with E-state index in [0.717, 1.165) is 27.8 Å². The maximum atomic E-state index is 11.4. The Morgan fingerprint density at radius 1 is 1.44 bits per heavy atom. The lowest BCUT2D eigenvalue weighted by Crippen LogP contribution is -2.46. The predicted molar refractivity (Wildman–Crippen MR) is 82.3 cm³/mol. The van der Waals surface area contributed by atoms with Crippen molar-refractivity contribution < 1.29 is 4.79 Å². The topological polar surface area (TPSA) is 72.4 Å². The van der Waals surface area contributed by atoms with Gasteiger partial charge in [0.1, 0.15) is 0 Å². The van der Waals surface area contributed by atoms with Gasteiger partial charge in [-0.05, 0) is 60.6 Å². The maximum Gasteiger partial charge on any atom is 0.222 e. The van der Waals surface area contributed by atoms with E-state index in [9.17, 15) is 4.79 Å². The van der Waals surface area contributed by atoms with Gasteiger partial charge in [-0.1, -0.05) is 0 Å². The highest BCUT2D eigenvalue weighted by Gasteiger charge is 2.29. The molecule has 5 heteroatoms. The van der Waals surface area contributed by atoms with Gasteiger partial charge in [-0.25, -0.2) is 0 Å². The zero-order chi connectivity index (χ0) is 13.3. The summed E-state index contributed by atoms with van der Waals surface area (Å²) >= 11 is 2.28. The lowest BCUT2D eigenvalue weighted by atomic mass is 9.92. The van der Waals surface area contributed by atoms with Crippen molar-refractivity contribution in [3.05, 3.63) is 21.8 Å². The minimum absolute atomic E-state index is 0.0467. The lowest BCUT2D eigenvalue weighted by molar-refractivity contribution is -0.122. The lowest BCUT2D eigenvalue weighted by Gasteiger charge is -2.39. The molecule has 0 aromatic heterocycles. The largest absolute Gasteiger partial charge is 0.399 e. The quantitative estimate of drug-likeness (QED) is 0.626. The third-order valence-electron chi connectivity index (χ3n) is 3.57. The molecule has 1 saturated heterocycles. The van der Waals surface area contributed by atoms with Crippen LogP contribution in [0.15, 0.2) is 18.2 Å². The van der Waals surface area contributed by atoms with E-state index < -0.39 is 0 Å². The van der Waals surface area contributed by atoms with E-state index in [2.05, 4.69) is 34.4 Å². The Bertz CT molecular complexity index is 464. The molecule has 1 fully saturated rings. The van der Waals surface area contributed by atoms with Crippen molar-refractivity contribution in [2.24, 2.45) is 11.7 Å². The number of rotatable bonds is 2. The van der Waals surface area contributed by atoms with Crippen molar-refractivity contribution in [1.29, 1.82) is 0 Å². The molecule has 18 heavy (non-hydrogen) atoms. The molecular weight excluding hydrogens is 341 g/mol. The van der Waals surface area contributed by atoms with Crippen molar-refractivity contribution in [3.63, 3.8) is 0 Å². The molecular formula is C13H18IN3O. The van der Waals surface area contributed by atoms with Crippen molar-refractivity contribution in [2.75, 3.05) is 17.2 Å². The average molecular weight is 359 g/mol. The SMILES string of the molecule is CC1CCC(C(N)=O)CN1c1ccc(N)cc1I. The van der Waals surface area contributed by atoms with Gasteiger partial charge in [0.25, 0.3) is 0 Å². The number of hydrogen-bond acceptors (Lipinski definition) is 3. The van der Waals surface area contributed by atoms with Crippen LogP contribution in [-0.4, -0.2) is 18.5 Å². The number of hydrogen-bond donors (Lipinski definition) is 2. The van der Waals surface area contributed by atoms with Gasteiger partial charge in [-0.15, -0.1) is 0 Å². The number of nitrogen functional groups attached to an aromatic ring is 1. The number of nitrogens with two attached hydrogens (primary N) is 2. The summed E-state index contributed by atoms with van der Waals surface area (Å²) in [5.74, 6) is -0.244. The molecule has 1 heterocycles. The molecule has 0 spiro atoms. The van der Waals surface area contributed by atoms with Crippen LogP contribution in [0.1, 0.15) is 19.8 Å². The van der Waals surface area contributed by atoms with Gasteiger partial charge in [-0.3, -0.25) is 4.79 Å². The molecule has 4 N–H and O–H groups in total. The molecule has 98 valence electrons. The van der Waals surface area contributed by atoms with Crippen LogP contribution in [0.4, 0.5) is 11.4 Å². The van der Waals surface area contributed by atoms with Crippen LogP contribution in [0.25, 0.3) is 0 Å². The van der Waals surface area contributed by atoms with Crippen LogP contribution in [0, 0.1) is 9.49 Å². The number of piperidine rings is 1. The molecule has 0 aliphatic carbocycles. The van der Waals surface area contributed by atoms with E-state index >= 15 is 0 Å². The Morgan fingerprint density at radius 2 is 2.17 bits per heavy atom. The summed E-state index contributed by atoms with van der Waals surface area (Å²) in [5, 5.41) is 0. The van der Waals surface area contributed by atoms with E-state index in [-0.39, 0.29) is 11.8 Å². The normalized spacial score (nSPS) is 24.0. The van der Waals surface area contributed by atoms with Crippen LogP contribution in [0.2, 0.25) is 0 Å². The second-order valence-corrected chi connectivity index (χ2v) is 6.05. The number of primary amides is 1. The van der Waals surface area contributed by atoms with E-state index in [4.69, 9.17) is 11.5 Å². The Balaban J connectivity index is 2.26. The van der Waals surface area contributed by atoms with Crippen LogP contribution in [-0.2, 0) is 4.79 Å². The number of nitrogens with zero attached hydrogens (tertiary/aromatic N) is 1. The molecule has 1 aromatic rings. The second-order valence-electron chi connectivity index (χ2n) is 4.89. The fourth-order valence-electron chi connectivity index (χ4n) is 2.43. The summed E-state index contributed by atoms with van der Waals surface area (Å²) in [6.07, 6.45) is 1.88. The molecule has 0 saturated carbocycles. The van der Waals surface area contributed by atoms with Gasteiger partial charge in [0.15, 0.2) is 0 Å². The van der Waals surface area contributed by atoms with Crippen molar-refractivity contribution in [2.45, 2.75) is 25.8 Å². The fourth-order valence-corrected chi connectivity index (χ4v) is 3.28. The monoisotopic (exact) mass is 359 g/mol. The minimum atomic E-state index is -0.197. The van der Waals surface area contributed by atoms with E-state index in [0.29, 0.717) is 12.6 Å². The molecule has 0 bridgehead atoms. The Kier molecular flexibility index (Phi) is 3.99. The van der Waals surface area contributed by atoms with Gasteiger partial charge >= 0.3 is 0 Å². The summed E-state index contributed by atoms with van der Waals surface area (Å²) < 4.78 is 1.12. The van der Waals surface area contributed by atoms with E-state index in [1.54, 1.807) is 0 Å². The van der Waals surface area contributed by atoms with Crippen molar-refractivity contribution in [3.8, 4) is 0 Å². The highest BCUT2D eigenvalue weighted by Crippen LogP contribution is 2.31. The average Bonchev–Trinajstić information content (AvgIpc) is 2.30. The molecule has 4 nitrogen and oxygen atoms in total. The number of halogens is 1. The highest BCUT2D eigenvalue weighted by atomic mass is 127. The number of amides is 1. The van der Waals surface area contributed by atoms with Crippen LogP contribution < -0.4 is 16.4 Å². The van der Waals surface area contributed by atoms with Crippen LogP contribution in [0.3, 0.4) is 0 Å². The zero-order valence-corrected chi connectivity index (χ0v) is 12.6. The van der Waals surface area contributed by atoms with E-state index in [1.165, 1.54) is 0 Å². The molecule has 2 atom stereocenters. The number of carbonyl (C=O) groups excluding carboxylic acids is 1. The Labute approximate surface area is 121 Å². The second kappa shape index (κ2) is 5.34. The Morgan fingerprint density at radius 3 is 2.78 bits per heavy atom. The highest BCUT2D eigenvalue weighted by molar-refractivity contribution is 14.1. The number of carbonyl (C=O) groups is 1. The van der Waals surface area contributed by atoms with Gasteiger partial charge in [0.2, 0.25) is 5.91 Å². The molecule has 2 unspecified atom stereocenters. The van der Waals surface area contributed by atoms with Crippen molar-refractivity contribution in [1.82, 2.24) is 0 Å². The standard InChI is InChI=1S/C13H18IN3O/c1-8-2-3-9(13(16)18)7-17(8)12-5-4-10(15)6-11(12)14/h4-6,8-9H,2-3,7,15H2,1H3,(H2,16,18). The zero-order valence-electron chi connectivity index (χ0n) is 10.4. The summed E-state index contributed by atoms with van der Waals surface area (Å²) in [6.45, 7) is 2.89. The van der Waals surface area contributed by atoms with Crippen molar-refractivity contribution >= 4 is 39.9 Å². The van der Waals surface area contributed by atoms with Crippen LogP contribution in [0.5, 0.6) is 0 Å². The fraction of sp³-hybridized carbons (Fsp3) is 0.462. The minimum Gasteiger partial charge on any atom is -0.399 e. The predicted octanol–water partition coefficient (Wildman–Crippen LogP) is 1.96. The first-order valence-electron chi connectivity index (χ1n) is 6.10. The van der Waals surface area contributed by atoms with Gasteiger partial charge < -0.3 is 16.4 Å². The van der Waals surface area contributed by atoms with Crippen LogP contribution >= 0.6 is 22.6 Å². The number of anilines is 2.